The van der Waals surface area contributed by atoms with E-state index in [0.717, 1.165) is 16.7 Å². The molecule has 5 nitrogen and oxygen atoms in total. The average molecular weight is 354 g/mol. The third-order valence-corrected chi connectivity index (χ3v) is 4.90. The smallest absolute Gasteiger partial charge is 0.351 e. The molecule has 2 aromatic rings. The Labute approximate surface area is 152 Å². The Balaban J connectivity index is 1.65. The third-order valence-electron chi connectivity index (χ3n) is 4.90. The van der Waals surface area contributed by atoms with Gasteiger partial charge in [0.2, 0.25) is 11.9 Å². The van der Waals surface area contributed by atoms with E-state index < -0.39 is 12.1 Å². The van der Waals surface area contributed by atoms with Crippen LogP contribution in [0.25, 0.3) is 0 Å². The summed E-state index contributed by atoms with van der Waals surface area (Å²) in [6, 6.07) is 8.97. The third kappa shape index (κ3) is 3.43. The van der Waals surface area contributed by atoms with Gasteiger partial charge in [0.1, 0.15) is 6.61 Å². The van der Waals surface area contributed by atoms with E-state index in [9.17, 15) is 9.59 Å². The van der Waals surface area contributed by atoms with Gasteiger partial charge in [-0.1, -0.05) is 12.1 Å². The molecule has 0 N–H and O–H groups in total. The van der Waals surface area contributed by atoms with Gasteiger partial charge in [0.05, 0.1) is 0 Å². The minimum absolute atomic E-state index is 0.0613. The number of Topliss-reactive ketones (excluding diaryl/α,β-unsaturated/α-hetero) is 1. The SMILES string of the molecule is Cc1cc(C(=O)COC(=O)C2COc3ccccc3O2)c(C)c(C)c1C. The van der Waals surface area contributed by atoms with Crippen LogP contribution < -0.4 is 9.47 Å². The van der Waals surface area contributed by atoms with Gasteiger partial charge >= 0.3 is 5.97 Å². The summed E-state index contributed by atoms with van der Waals surface area (Å²) in [5.41, 5.74) is 4.80. The quantitative estimate of drug-likeness (QED) is 0.621. The molecule has 3 rings (SSSR count). The highest BCUT2D eigenvalue weighted by Crippen LogP contribution is 2.31. The first-order chi connectivity index (χ1) is 12.4. The molecule has 0 aliphatic carbocycles. The van der Waals surface area contributed by atoms with Crippen molar-refractivity contribution in [2.45, 2.75) is 33.8 Å². The molecule has 5 heteroatoms. The Bertz CT molecular complexity index is 869. The van der Waals surface area contributed by atoms with Crippen LogP contribution in [-0.4, -0.2) is 31.1 Å². The van der Waals surface area contributed by atoms with Crippen LogP contribution in [-0.2, 0) is 9.53 Å². The number of fused-ring (bicyclic) bond motifs is 1. The Morgan fingerprint density at radius 3 is 2.46 bits per heavy atom. The second-order valence-electron chi connectivity index (χ2n) is 6.51. The van der Waals surface area contributed by atoms with Gasteiger partial charge in [-0.2, -0.15) is 0 Å². The highest BCUT2D eigenvalue weighted by atomic mass is 16.6. The average Bonchev–Trinajstić information content (AvgIpc) is 2.66. The number of ether oxygens (including phenoxy) is 3. The van der Waals surface area contributed by atoms with Crippen molar-refractivity contribution in [2.75, 3.05) is 13.2 Å². The number of benzene rings is 2. The number of esters is 1. The summed E-state index contributed by atoms with van der Waals surface area (Å²) >= 11 is 0. The molecule has 1 aliphatic heterocycles. The van der Waals surface area contributed by atoms with Crippen LogP contribution in [0.2, 0.25) is 0 Å². The van der Waals surface area contributed by atoms with E-state index in [1.54, 1.807) is 18.2 Å². The lowest BCUT2D eigenvalue weighted by Gasteiger charge is -2.24. The summed E-state index contributed by atoms with van der Waals surface area (Å²) in [6.45, 7) is 7.64. The van der Waals surface area contributed by atoms with Crippen molar-refractivity contribution >= 4 is 11.8 Å². The first-order valence-corrected chi connectivity index (χ1v) is 8.54. The molecule has 2 aromatic carbocycles. The number of aryl methyl sites for hydroxylation is 1. The van der Waals surface area contributed by atoms with Crippen molar-refractivity contribution in [1.82, 2.24) is 0 Å². The summed E-state index contributed by atoms with van der Waals surface area (Å²) in [6.07, 6.45) is -0.875. The highest BCUT2D eigenvalue weighted by molar-refractivity contribution is 6.00. The number of carbonyl (C=O) groups excluding carboxylic acids is 2. The number of para-hydroxylation sites is 2. The first-order valence-electron chi connectivity index (χ1n) is 8.54. The zero-order valence-electron chi connectivity index (χ0n) is 15.4. The second kappa shape index (κ2) is 7.20. The van der Waals surface area contributed by atoms with E-state index in [4.69, 9.17) is 14.2 Å². The lowest BCUT2D eigenvalue weighted by Crippen LogP contribution is -2.38. The van der Waals surface area contributed by atoms with E-state index in [0.29, 0.717) is 17.1 Å². The van der Waals surface area contributed by atoms with E-state index in [2.05, 4.69) is 0 Å². The lowest BCUT2D eigenvalue weighted by atomic mass is 9.93. The number of hydrogen-bond acceptors (Lipinski definition) is 5. The summed E-state index contributed by atoms with van der Waals surface area (Å²) in [7, 11) is 0. The molecule has 0 saturated carbocycles. The predicted molar refractivity (Wildman–Crippen MR) is 97.0 cm³/mol. The monoisotopic (exact) mass is 354 g/mol. The Morgan fingerprint density at radius 2 is 1.73 bits per heavy atom. The van der Waals surface area contributed by atoms with Crippen molar-refractivity contribution in [3.63, 3.8) is 0 Å². The van der Waals surface area contributed by atoms with Gasteiger partial charge in [-0.3, -0.25) is 4.79 Å². The maximum atomic E-state index is 12.5. The Kier molecular flexibility index (Phi) is 4.98. The Morgan fingerprint density at radius 1 is 1.04 bits per heavy atom. The summed E-state index contributed by atoms with van der Waals surface area (Å²) in [4.78, 5) is 24.8. The van der Waals surface area contributed by atoms with Crippen molar-refractivity contribution in [2.24, 2.45) is 0 Å². The van der Waals surface area contributed by atoms with E-state index in [1.807, 2.05) is 39.8 Å². The summed E-state index contributed by atoms with van der Waals surface area (Å²) in [5, 5.41) is 0. The predicted octanol–water partition coefficient (Wildman–Crippen LogP) is 3.49. The van der Waals surface area contributed by atoms with E-state index in [-0.39, 0.29) is 19.0 Å². The molecular weight excluding hydrogens is 332 g/mol. The normalized spacial score (nSPS) is 15.5. The molecule has 0 bridgehead atoms. The van der Waals surface area contributed by atoms with Crippen molar-refractivity contribution < 1.29 is 23.8 Å². The van der Waals surface area contributed by atoms with Gasteiger partial charge in [-0.25, -0.2) is 4.79 Å². The molecule has 0 aromatic heterocycles. The van der Waals surface area contributed by atoms with Gasteiger partial charge in [-0.15, -0.1) is 0 Å². The molecule has 1 heterocycles. The molecule has 0 saturated heterocycles. The van der Waals surface area contributed by atoms with Gasteiger partial charge < -0.3 is 14.2 Å². The van der Waals surface area contributed by atoms with Crippen molar-refractivity contribution in [3.05, 3.63) is 58.1 Å². The first kappa shape index (κ1) is 18.0. The van der Waals surface area contributed by atoms with Crippen LogP contribution in [0.4, 0.5) is 0 Å². The van der Waals surface area contributed by atoms with Crippen LogP contribution >= 0.6 is 0 Å². The molecule has 1 aliphatic rings. The molecule has 26 heavy (non-hydrogen) atoms. The molecule has 0 spiro atoms. The standard InChI is InChI=1S/C21H22O5/c1-12-9-16(15(4)14(3)13(12)2)17(22)10-25-21(23)20-11-24-18-7-5-6-8-19(18)26-20/h5-9,20H,10-11H2,1-4H3. The van der Waals surface area contributed by atoms with Crippen LogP contribution in [0.1, 0.15) is 32.6 Å². The van der Waals surface area contributed by atoms with E-state index >= 15 is 0 Å². The number of carbonyl (C=O) groups is 2. The van der Waals surface area contributed by atoms with Gasteiger partial charge in [0, 0.05) is 5.56 Å². The fourth-order valence-electron chi connectivity index (χ4n) is 2.94. The molecular formula is C21H22O5. The molecule has 1 atom stereocenters. The van der Waals surface area contributed by atoms with Gasteiger partial charge in [0.15, 0.2) is 18.1 Å². The van der Waals surface area contributed by atoms with Gasteiger partial charge in [0.25, 0.3) is 0 Å². The molecule has 0 fully saturated rings. The zero-order valence-corrected chi connectivity index (χ0v) is 15.4. The minimum atomic E-state index is -0.875. The van der Waals surface area contributed by atoms with Crippen molar-refractivity contribution in [3.8, 4) is 11.5 Å². The maximum absolute atomic E-state index is 12.5. The number of hydrogen-bond donors (Lipinski definition) is 0. The van der Waals surface area contributed by atoms with Gasteiger partial charge in [-0.05, 0) is 68.1 Å². The van der Waals surface area contributed by atoms with Crippen LogP contribution in [0.5, 0.6) is 11.5 Å². The summed E-state index contributed by atoms with van der Waals surface area (Å²) < 4.78 is 16.3. The van der Waals surface area contributed by atoms with Crippen LogP contribution in [0.15, 0.2) is 30.3 Å². The Hall–Kier alpha value is -2.82. The largest absolute Gasteiger partial charge is 0.485 e. The fraction of sp³-hybridized carbons (Fsp3) is 0.333. The number of rotatable bonds is 4. The molecule has 0 amide bonds. The van der Waals surface area contributed by atoms with Crippen LogP contribution in [0, 0.1) is 27.7 Å². The minimum Gasteiger partial charge on any atom is -0.485 e. The van der Waals surface area contributed by atoms with Crippen molar-refractivity contribution in [1.29, 1.82) is 0 Å². The molecule has 1 unspecified atom stereocenters. The van der Waals surface area contributed by atoms with Crippen LogP contribution in [0.3, 0.4) is 0 Å². The second-order valence-corrected chi connectivity index (χ2v) is 6.51. The summed E-state index contributed by atoms with van der Waals surface area (Å²) in [5.74, 6) is 0.256. The number of ketones is 1. The fourth-order valence-corrected chi connectivity index (χ4v) is 2.94. The highest BCUT2D eigenvalue weighted by Gasteiger charge is 2.29. The maximum Gasteiger partial charge on any atom is 0.351 e. The molecule has 136 valence electrons. The topological polar surface area (TPSA) is 61.8 Å². The van der Waals surface area contributed by atoms with E-state index in [1.165, 1.54) is 5.56 Å². The molecule has 0 radical (unpaired) electrons. The lowest BCUT2D eigenvalue weighted by molar-refractivity contribution is -0.153. The zero-order chi connectivity index (χ0) is 18.8.